The Morgan fingerprint density at radius 3 is 2.48 bits per heavy atom. The summed E-state index contributed by atoms with van der Waals surface area (Å²) in [7, 11) is 4.66. The van der Waals surface area contributed by atoms with Gasteiger partial charge in [-0.25, -0.2) is 4.79 Å². The molecular weight excluding hydrogens is 422 g/mol. The average molecular weight is 447 g/mol. The normalized spacial score (nSPS) is 15.6. The first-order chi connectivity index (χ1) is 15.8. The van der Waals surface area contributed by atoms with Gasteiger partial charge in [-0.1, -0.05) is 35.9 Å². The molecular formula is C25H25N3O5. The van der Waals surface area contributed by atoms with Crippen molar-refractivity contribution in [3.63, 3.8) is 0 Å². The number of hydrogen-bond donors (Lipinski definition) is 1. The molecule has 33 heavy (non-hydrogen) atoms. The van der Waals surface area contributed by atoms with Crippen LogP contribution in [-0.4, -0.2) is 32.5 Å². The molecule has 8 nitrogen and oxygen atoms in total. The number of rotatable bonds is 3. The van der Waals surface area contributed by atoms with Gasteiger partial charge < -0.3 is 19.1 Å². The maximum Gasteiger partial charge on any atom is 0.331 e. The largest absolute Gasteiger partial charge is 0.504 e. The van der Waals surface area contributed by atoms with E-state index in [1.807, 2.05) is 31.2 Å². The van der Waals surface area contributed by atoms with Gasteiger partial charge in [-0.3, -0.25) is 13.9 Å². The summed E-state index contributed by atoms with van der Waals surface area (Å²) >= 11 is 0. The fourth-order valence-electron chi connectivity index (χ4n) is 4.70. The van der Waals surface area contributed by atoms with E-state index >= 15 is 0 Å². The molecule has 0 saturated heterocycles. The molecule has 1 N–H and O–H groups in total. The number of hydrogen-bond acceptors (Lipinski definition) is 5. The first-order valence-corrected chi connectivity index (χ1v) is 10.7. The SMILES string of the molecule is COc1cc([C@H]2OCCn3c(-c4ccc(C)cc4)c4c(=O)n(C)c(=O)n(C)c4c32)ccc1O. The van der Waals surface area contributed by atoms with Crippen LogP contribution in [0.1, 0.15) is 22.9 Å². The first kappa shape index (κ1) is 21.1. The van der Waals surface area contributed by atoms with Gasteiger partial charge in [0.2, 0.25) is 0 Å². The van der Waals surface area contributed by atoms with Crippen molar-refractivity contribution >= 4 is 10.9 Å². The van der Waals surface area contributed by atoms with Gasteiger partial charge in [-0.05, 0) is 30.2 Å². The van der Waals surface area contributed by atoms with Crippen LogP contribution >= 0.6 is 0 Å². The maximum absolute atomic E-state index is 13.4. The summed E-state index contributed by atoms with van der Waals surface area (Å²) in [6.07, 6.45) is -0.548. The number of aryl methyl sites for hydroxylation is 2. The minimum Gasteiger partial charge on any atom is -0.504 e. The number of methoxy groups -OCH3 is 1. The fourth-order valence-corrected chi connectivity index (χ4v) is 4.70. The molecule has 1 atom stereocenters. The van der Waals surface area contributed by atoms with E-state index in [1.165, 1.54) is 18.7 Å². The summed E-state index contributed by atoms with van der Waals surface area (Å²) in [5.41, 5.74) is 4.09. The molecule has 1 aliphatic rings. The van der Waals surface area contributed by atoms with Gasteiger partial charge in [-0.2, -0.15) is 0 Å². The lowest BCUT2D eigenvalue weighted by molar-refractivity contribution is 0.0477. The van der Waals surface area contributed by atoms with E-state index in [9.17, 15) is 14.7 Å². The molecule has 2 aromatic carbocycles. The van der Waals surface area contributed by atoms with Crippen molar-refractivity contribution in [1.82, 2.24) is 13.7 Å². The van der Waals surface area contributed by atoms with E-state index in [4.69, 9.17) is 9.47 Å². The third kappa shape index (κ3) is 3.09. The zero-order valence-corrected chi connectivity index (χ0v) is 19.0. The van der Waals surface area contributed by atoms with E-state index in [2.05, 4.69) is 4.57 Å². The van der Waals surface area contributed by atoms with Crippen molar-refractivity contribution in [1.29, 1.82) is 0 Å². The monoisotopic (exact) mass is 447 g/mol. The van der Waals surface area contributed by atoms with E-state index in [0.29, 0.717) is 29.8 Å². The Bertz CT molecular complexity index is 1510. The number of phenols is 1. The number of aromatic hydroxyl groups is 1. The van der Waals surface area contributed by atoms with Crippen LogP contribution in [0, 0.1) is 6.92 Å². The highest BCUT2D eigenvalue weighted by Crippen LogP contribution is 2.42. The third-order valence-corrected chi connectivity index (χ3v) is 6.38. The molecule has 0 radical (unpaired) electrons. The van der Waals surface area contributed by atoms with Crippen molar-refractivity contribution in [3.8, 4) is 22.8 Å². The number of ether oxygens (including phenoxy) is 2. The topological polar surface area (TPSA) is 87.6 Å². The predicted octanol–water partition coefficient (Wildman–Crippen LogP) is 2.85. The summed E-state index contributed by atoms with van der Waals surface area (Å²) in [6.45, 7) is 2.98. The summed E-state index contributed by atoms with van der Waals surface area (Å²) < 4.78 is 16.2. The summed E-state index contributed by atoms with van der Waals surface area (Å²) in [5, 5.41) is 10.5. The van der Waals surface area contributed by atoms with Crippen molar-refractivity contribution in [2.24, 2.45) is 14.1 Å². The van der Waals surface area contributed by atoms with E-state index in [1.54, 1.807) is 25.2 Å². The maximum atomic E-state index is 13.4. The summed E-state index contributed by atoms with van der Waals surface area (Å²) in [5.74, 6) is 0.353. The predicted molar refractivity (Wildman–Crippen MR) is 125 cm³/mol. The van der Waals surface area contributed by atoms with Gasteiger partial charge in [0, 0.05) is 20.6 Å². The number of aromatic nitrogens is 3. The molecule has 1 aliphatic heterocycles. The van der Waals surface area contributed by atoms with Crippen LogP contribution in [0.15, 0.2) is 52.1 Å². The second-order valence-electron chi connectivity index (χ2n) is 8.36. The first-order valence-electron chi connectivity index (χ1n) is 10.7. The molecule has 0 aliphatic carbocycles. The highest BCUT2D eigenvalue weighted by atomic mass is 16.5. The van der Waals surface area contributed by atoms with Crippen LogP contribution in [-0.2, 0) is 25.4 Å². The van der Waals surface area contributed by atoms with Crippen molar-refractivity contribution in [2.75, 3.05) is 13.7 Å². The van der Waals surface area contributed by atoms with Gasteiger partial charge in [0.25, 0.3) is 5.56 Å². The van der Waals surface area contributed by atoms with Crippen LogP contribution in [0.25, 0.3) is 22.2 Å². The number of fused-ring (bicyclic) bond motifs is 3. The van der Waals surface area contributed by atoms with E-state index in [0.717, 1.165) is 32.6 Å². The van der Waals surface area contributed by atoms with Crippen LogP contribution < -0.4 is 16.0 Å². The Hall–Kier alpha value is -3.78. The highest BCUT2D eigenvalue weighted by Gasteiger charge is 2.33. The number of nitrogens with zero attached hydrogens (tertiary/aromatic N) is 3. The molecule has 2 aromatic heterocycles. The van der Waals surface area contributed by atoms with E-state index in [-0.39, 0.29) is 11.3 Å². The molecule has 0 saturated carbocycles. The van der Waals surface area contributed by atoms with Crippen LogP contribution in [0.5, 0.6) is 11.5 Å². The van der Waals surface area contributed by atoms with Gasteiger partial charge >= 0.3 is 5.69 Å². The summed E-state index contributed by atoms with van der Waals surface area (Å²) in [4.78, 5) is 26.3. The lowest BCUT2D eigenvalue weighted by Gasteiger charge is -2.28. The molecule has 8 heteroatoms. The Morgan fingerprint density at radius 1 is 1.06 bits per heavy atom. The lowest BCUT2D eigenvalue weighted by atomic mass is 10.0. The molecule has 0 amide bonds. The standard InChI is InChI=1S/C25H25N3O5/c1-14-5-7-15(8-6-14)20-19-21(26(2)25(31)27(3)24(19)30)22-23(33-12-11-28(20)22)16-9-10-17(29)18(13-16)32-4/h5-10,13,23,29H,11-12H2,1-4H3/t23-/m1/s1. The van der Waals surface area contributed by atoms with Crippen molar-refractivity contribution in [2.45, 2.75) is 19.6 Å². The molecule has 170 valence electrons. The zero-order valence-electron chi connectivity index (χ0n) is 19.0. The molecule has 0 fully saturated rings. The van der Waals surface area contributed by atoms with Gasteiger partial charge in [-0.15, -0.1) is 0 Å². The van der Waals surface area contributed by atoms with Gasteiger partial charge in [0.15, 0.2) is 11.5 Å². The lowest BCUT2D eigenvalue weighted by Crippen LogP contribution is -2.37. The molecule has 3 heterocycles. The Morgan fingerprint density at radius 2 is 1.79 bits per heavy atom. The third-order valence-electron chi connectivity index (χ3n) is 6.38. The van der Waals surface area contributed by atoms with Crippen LogP contribution in [0.3, 0.4) is 0 Å². The van der Waals surface area contributed by atoms with Gasteiger partial charge in [0.1, 0.15) is 6.10 Å². The van der Waals surface area contributed by atoms with Gasteiger partial charge in [0.05, 0.1) is 36.0 Å². The number of benzene rings is 2. The van der Waals surface area contributed by atoms with Crippen LogP contribution in [0.2, 0.25) is 0 Å². The fraction of sp³-hybridized carbons (Fsp3) is 0.280. The molecule has 0 bridgehead atoms. The minimum absolute atomic E-state index is 0.0268. The average Bonchev–Trinajstić information content (AvgIpc) is 3.18. The minimum atomic E-state index is -0.548. The second-order valence-corrected chi connectivity index (χ2v) is 8.36. The van der Waals surface area contributed by atoms with Crippen LogP contribution in [0.4, 0.5) is 0 Å². The Labute approximate surface area is 189 Å². The Kier molecular flexibility index (Phi) is 4.90. The molecule has 0 spiro atoms. The highest BCUT2D eigenvalue weighted by molar-refractivity contribution is 5.96. The summed E-state index contributed by atoms with van der Waals surface area (Å²) in [6, 6.07) is 13.1. The molecule has 4 aromatic rings. The number of phenolic OH excluding ortho intramolecular Hbond substituents is 1. The second kappa shape index (κ2) is 7.67. The zero-order chi connectivity index (χ0) is 23.4. The Balaban J connectivity index is 1.91. The van der Waals surface area contributed by atoms with Crippen molar-refractivity contribution in [3.05, 3.63) is 80.1 Å². The van der Waals surface area contributed by atoms with Crippen molar-refractivity contribution < 1.29 is 14.6 Å². The smallest absolute Gasteiger partial charge is 0.331 e. The quantitative estimate of drug-likeness (QED) is 0.522. The molecule has 5 rings (SSSR count). The van der Waals surface area contributed by atoms with E-state index < -0.39 is 11.8 Å². The molecule has 0 unspecified atom stereocenters.